The predicted octanol–water partition coefficient (Wildman–Crippen LogP) is 5.06. The number of rotatable bonds is 19. The van der Waals surface area contributed by atoms with E-state index in [9.17, 15) is 41.2 Å². The Balaban J connectivity index is 0.768. The van der Waals surface area contributed by atoms with Crippen LogP contribution in [0.15, 0.2) is 66.7 Å². The van der Waals surface area contributed by atoms with Crippen molar-refractivity contribution in [2.24, 2.45) is 17.1 Å². The van der Waals surface area contributed by atoms with Crippen molar-refractivity contribution in [3.05, 3.63) is 77.9 Å². The summed E-state index contributed by atoms with van der Waals surface area (Å²) in [7, 11) is -3.33. The molecule has 0 saturated carbocycles. The van der Waals surface area contributed by atoms with Gasteiger partial charge in [-0.25, -0.2) is 24.1 Å². The quantitative estimate of drug-likeness (QED) is 0.0867. The Morgan fingerprint density at radius 1 is 0.851 bits per heavy atom. The Kier molecular flexibility index (Phi) is 15.8. The van der Waals surface area contributed by atoms with Crippen molar-refractivity contribution in [2.75, 3.05) is 61.4 Å². The van der Waals surface area contributed by atoms with Gasteiger partial charge in [0.05, 0.1) is 31.4 Å². The summed E-state index contributed by atoms with van der Waals surface area (Å²) < 4.78 is 61.9. The van der Waals surface area contributed by atoms with Crippen LogP contribution in [-0.4, -0.2) is 106 Å². The van der Waals surface area contributed by atoms with Gasteiger partial charge in [-0.3, -0.25) is 34.1 Å². The lowest BCUT2D eigenvalue weighted by Crippen LogP contribution is -2.50. The lowest BCUT2D eigenvalue weighted by molar-refractivity contribution is -0.134. The van der Waals surface area contributed by atoms with E-state index in [4.69, 9.17) is 15.2 Å². The van der Waals surface area contributed by atoms with Gasteiger partial charge in [0.2, 0.25) is 17.7 Å². The van der Waals surface area contributed by atoms with Crippen LogP contribution in [0.25, 0.3) is 0 Å². The molecule has 0 radical (unpaired) electrons. The molecule has 4 heterocycles. The summed E-state index contributed by atoms with van der Waals surface area (Å²) in [5.74, 6) is -4.12. The van der Waals surface area contributed by atoms with Crippen LogP contribution in [-0.2, 0) is 24.4 Å². The fourth-order valence-electron chi connectivity index (χ4n) is 9.30. The van der Waals surface area contributed by atoms with Crippen LogP contribution in [0.2, 0.25) is 0 Å². The van der Waals surface area contributed by atoms with E-state index in [0.717, 1.165) is 70.9 Å². The molecule has 7 rings (SSSR count). The summed E-state index contributed by atoms with van der Waals surface area (Å²) in [4.78, 5) is 68.9. The molecule has 4 fully saturated rings. The molecule has 362 valence electrons. The van der Waals surface area contributed by atoms with Gasteiger partial charge in [-0.2, -0.15) is 8.78 Å². The number of piperidine rings is 2. The number of unbranched alkanes of at least 4 members (excludes halogenated alkanes) is 4. The Bertz CT molecular complexity index is 2380. The predicted molar refractivity (Wildman–Crippen MR) is 246 cm³/mol. The van der Waals surface area contributed by atoms with Crippen LogP contribution in [0.5, 0.6) is 11.5 Å². The van der Waals surface area contributed by atoms with Crippen molar-refractivity contribution in [3.63, 3.8) is 0 Å². The van der Waals surface area contributed by atoms with Gasteiger partial charge in [0.15, 0.2) is 0 Å². The molecule has 0 aromatic heterocycles. The summed E-state index contributed by atoms with van der Waals surface area (Å²) in [5, 5.41) is 5.59. The van der Waals surface area contributed by atoms with Gasteiger partial charge in [-0.05, 0) is 92.0 Å². The number of primary amides is 1. The molecule has 21 heteroatoms. The average molecular weight is 952 g/mol. The van der Waals surface area contributed by atoms with Crippen LogP contribution < -0.4 is 46.3 Å². The molecule has 18 nitrogen and oxygen atoms in total. The molecular formula is C46H59F2N9O9S. The number of sulfonamides is 1. The molecule has 3 unspecified atom stereocenters. The normalized spacial score (nSPS) is 20.7. The molecule has 4 aliphatic heterocycles. The molecule has 0 bridgehead atoms. The monoisotopic (exact) mass is 951 g/mol. The Morgan fingerprint density at radius 2 is 1.54 bits per heavy atom. The standard InChI is InChI=1S/C46H59F2N9O9S/c1-65-36-16-13-31(28-35(36)57-22-17-37(58)51-45(57)62)43(61)56-25-20-46(21-26-56)18-23-55(24-19-46)38(59)10-5-3-2-4-6-27-66-34-9-7-8-33(29-34)50-42-39(41(49)60)40(52-53-42)30-11-14-32(15-12-30)54-67(63,64)44(47)48/h7-9,11-16,28-29,39-40,42,44,50,52-54H,2-6,10,17-27H2,1H3,(H2,49,60)(H,51,58,62). The first-order valence-corrected chi connectivity index (χ1v) is 24.3. The summed E-state index contributed by atoms with van der Waals surface area (Å²) in [6, 6.07) is 16.9. The highest BCUT2D eigenvalue weighted by molar-refractivity contribution is 7.93. The highest BCUT2D eigenvalue weighted by atomic mass is 32.2. The number of halogens is 2. The number of carbonyl (C=O) groups is 5. The van der Waals surface area contributed by atoms with Crippen LogP contribution in [0.4, 0.5) is 30.6 Å². The molecule has 3 aromatic carbocycles. The van der Waals surface area contributed by atoms with Gasteiger partial charge >= 0.3 is 11.8 Å². The van der Waals surface area contributed by atoms with E-state index < -0.39 is 45.8 Å². The third kappa shape index (κ3) is 12.1. The summed E-state index contributed by atoms with van der Waals surface area (Å²) >= 11 is 0. The molecular weight excluding hydrogens is 893 g/mol. The molecule has 6 amide bonds. The van der Waals surface area contributed by atoms with Gasteiger partial charge in [0, 0.05) is 68.6 Å². The van der Waals surface area contributed by atoms with Crippen molar-refractivity contribution in [3.8, 4) is 11.5 Å². The number of alkyl halides is 2. The van der Waals surface area contributed by atoms with Gasteiger partial charge in [-0.15, -0.1) is 0 Å². The van der Waals surface area contributed by atoms with E-state index in [1.54, 1.807) is 18.2 Å². The molecule has 3 aromatic rings. The number of likely N-dealkylation sites (tertiary alicyclic amines) is 2. The van der Waals surface area contributed by atoms with Crippen molar-refractivity contribution in [2.45, 2.75) is 88.6 Å². The summed E-state index contributed by atoms with van der Waals surface area (Å²) in [5.41, 5.74) is 14.1. The molecule has 7 N–H and O–H groups in total. The smallest absolute Gasteiger partial charge is 0.355 e. The van der Waals surface area contributed by atoms with E-state index >= 15 is 0 Å². The number of ether oxygens (including phenoxy) is 2. The lowest BCUT2D eigenvalue weighted by atomic mass is 9.71. The largest absolute Gasteiger partial charge is 0.495 e. The first-order chi connectivity index (χ1) is 32.1. The number of carbonyl (C=O) groups excluding carboxylic acids is 5. The minimum absolute atomic E-state index is 0.0440. The second-order valence-corrected chi connectivity index (χ2v) is 19.2. The van der Waals surface area contributed by atoms with Gasteiger partial charge in [-0.1, -0.05) is 37.5 Å². The molecule has 0 aliphatic carbocycles. The lowest BCUT2D eigenvalue weighted by Gasteiger charge is -2.47. The number of hydrogen-bond donors (Lipinski definition) is 6. The zero-order valence-electron chi connectivity index (χ0n) is 37.4. The van der Waals surface area contributed by atoms with Crippen LogP contribution in [0.1, 0.15) is 92.6 Å². The first-order valence-electron chi connectivity index (χ1n) is 22.7. The number of benzene rings is 3. The summed E-state index contributed by atoms with van der Waals surface area (Å²) in [6.45, 7) is 3.39. The highest BCUT2D eigenvalue weighted by Crippen LogP contribution is 2.42. The van der Waals surface area contributed by atoms with E-state index in [0.29, 0.717) is 60.1 Å². The number of anilines is 3. The Morgan fingerprint density at radius 3 is 2.21 bits per heavy atom. The van der Waals surface area contributed by atoms with E-state index in [-0.39, 0.29) is 41.8 Å². The third-order valence-corrected chi connectivity index (χ3v) is 14.2. The number of methoxy groups -OCH3 is 1. The Hall–Kier alpha value is -6.06. The number of hydrogen-bond acceptors (Lipinski definition) is 12. The number of nitrogens with zero attached hydrogens (tertiary/aromatic N) is 3. The number of amides is 6. The van der Waals surface area contributed by atoms with Crippen LogP contribution in [0, 0.1) is 11.3 Å². The second kappa shape index (κ2) is 21.7. The third-order valence-electron chi connectivity index (χ3n) is 13.2. The van der Waals surface area contributed by atoms with Crippen LogP contribution in [0.3, 0.4) is 0 Å². The van der Waals surface area contributed by atoms with Gasteiger partial charge in [0.25, 0.3) is 15.9 Å². The zero-order valence-corrected chi connectivity index (χ0v) is 38.3. The fraction of sp³-hybridized carbons (Fsp3) is 0.500. The number of nitrogens with two attached hydrogens (primary N) is 1. The zero-order chi connectivity index (χ0) is 47.7. The number of urea groups is 1. The number of hydrazine groups is 1. The molecule has 4 saturated heterocycles. The van der Waals surface area contributed by atoms with Crippen molar-refractivity contribution in [1.82, 2.24) is 26.0 Å². The first kappa shape index (κ1) is 48.9. The molecule has 3 atom stereocenters. The van der Waals surface area contributed by atoms with Gasteiger partial charge < -0.3 is 30.3 Å². The van der Waals surface area contributed by atoms with E-state index in [2.05, 4.69) is 21.5 Å². The maximum atomic E-state index is 13.6. The number of imide groups is 1. The maximum Gasteiger partial charge on any atom is 0.355 e. The van der Waals surface area contributed by atoms with Crippen molar-refractivity contribution >= 4 is 56.7 Å². The Labute approximate surface area is 388 Å². The highest BCUT2D eigenvalue weighted by Gasteiger charge is 2.42. The van der Waals surface area contributed by atoms with E-state index in [1.165, 1.54) is 36.3 Å². The molecule has 4 aliphatic rings. The minimum Gasteiger partial charge on any atom is -0.495 e. The van der Waals surface area contributed by atoms with E-state index in [1.807, 2.05) is 38.8 Å². The van der Waals surface area contributed by atoms with Gasteiger partial charge in [0.1, 0.15) is 17.7 Å². The molecule has 1 spiro atoms. The fourth-order valence-corrected chi connectivity index (χ4v) is 9.85. The second-order valence-electron chi connectivity index (χ2n) is 17.6. The minimum atomic E-state index is -4.82. The van der Waals surface area contributed by atoms with Crippen LogP contribution >= 0.6 is 0 Å². The van der Waals surface area contributed by atoms with Crippen molar-refractivity contribution in [1.29, 1.82) is 0 Å². The maximum absolute atomic E-state index is 13.6. The number of nitrogens with one attached hydrogen (secondary N) is 5. The average Bonchev–Trinajstić information content (AvgIpc) is 3.74. The van der Waals surface area contributed by atoms with Crippen molar-refractivity contribution < 1.29 is 50.6 Å². The topological polar surface area (TPSA) is 234 Å². The summed E-state index contributed by atoms with van der Waals surface area (Å²) in [6.07, 6.45) is 8.17. The molecule has 67 heavy (non-hydrogen) atoms. The SMILES string of the molecule is COc1ccc(C(=O)N2CCC3(CCN(C(=O)CCCCCCCOc4cccc(NC5NNC(c6ccc(NS(=O)(=O)C(F)F)cc6)C5C(N)=O)c4)CC3)CC2)cc1N1CCC(=O)NC1=O.